The van der Waals surface area contributed by atoms with E-state index in [9.17, 15) is 19.2 Å². The second-order valence-corrected chi connectivity index (χ2v) is 16.0. The summed E-state index contributed by atoms with van der Waals surface area (Å²) in [4.78, 5) is 69.3. The summed E-state index contributed by atoms with van der Waals surface area (Å²) in [5, 5.41) is 8.60. The van der Waals surface area contributed by atoms with Crippen LogP contribution in [0.5, 0.6) is 0 Å². The molecule has 58 heavy (non-hydrogen) atoms. The lowest BCUT2D eigenvalue weighted by molar-refractivity contribution is -0.137. The number of fused-ring (bicyclic) bond motifs is 2. The number of rotatable bonds is 13. The van der Waals surface area contributed by atoms with E-state index in [-0.39, 0.29) is 35.7 Å². The summed E-state index contributed by atoms with van der Waals surface area (Å²) in [5.41, 5.74) is 5.86. The fraction of sp³-hybridized carbons (Fsp3) is 0.488. The van der Waals surface area contributed by atoms with E-state index in [1.165, 1.54) is 21.3 Å². The number of aromatic nitrogens is 4. The Labute approximate surface area is 338 Å². The van der Waals surface area contributed by atoms with Gasteiger partial charge in [-0.05, 0) is 79.0 Å². The van der Waals surface area contributed by atoms with Crippen molar-refractivity contribution >= 4 is 24.0 Å². The van der Waals surface area contributed by atoms with Gasteiger partial charge >= 0.3 is 12.2 Å². The number of methoxy groups -OCH3 is 3. The Balaban J connectivity index is 1.00. The van der Waals surface area contributed by atoms with Crippen molar-refractivity contribution in [3.63, 3.8) is 0 Å². The number of nitrogens with zero attached hydrogens (tertiary/aromatic N) is 3. The fourth-order valence-corrected chi connectivity index (χ4v) is 9.05. The van der Waals surface area contributed by atoms with Gasteiger partial charge in [-0.1, -0.05) is 62.4 Å². The normalized spacial score (nSPS) is 22.7. The molecule has 4 amide bonds. The van der Waals surface area contributed by atoms with E-state index in [1.54, 1.807) is 18.0 Å². The molecular formula is C43H54N8O7. The highest BCUT2D eigenvalue weighted by Crippen LogP contribution is 2.52. The SMILES string of the molecule is COC(=O)N[C@H](C(=O)N[C@H]1C2CCC(C2)[C@@H]1c1ncc(-c2ccc(-c3ccc(-c4cnc([C@@H]5CCCN5C(=O)[C@@H](NC(=O)OC)C(C)OC)[nH]4)cc3)cc2)[nH]1)C(C)C. The van der Waals surface area contributed by atoms with Gasteiger partial charge in [0.15, 0.2) is 0 Å². The van der Waals surface area contributed by atoms with Crippen molar-refractivity contribution in [2.75, 3.05) is 27.9 Å². The molecule has 308 valence electrons. The molecule has 2 bridgehead atoms. The van der Waals surface area contributed by atoms with Crippen LogP contribution < -0.4 is 16.0 Å². The number of hydrogen-bond acceptors (Lipinski definition) is 9. The number of benzene rings is 2. The molecule has 3 aliphatic rings. The van der Waals surface area contributed by atoms with Gasteiger partial charge in [-0.2, -0.15) is 0 Å². The van der Waals surface area contributed by atoms with Crippen LogP contribution >= 0.6 is 0 Å². The molecule has 3 fully saturated rings. The number of imidazole rings is 2. The molecule has 15 nitrogen and oxygen atoms in total. The lowest BCUT2D eigenvalue weighted by Gasteiger charge is -2.32. The number of aromatic amines is 2. The van der Waals surface area contributed by atoms with Crippen LogP contribution in [0.3, 0.4) is 0 Å². The largest absolute Gasteiger partial charge is 0.453 e. The van der Waals surface area contributed by atoms with Crippen LogP contribution in [-0.2, 0) is 23.8 Å². The van der Waals surface area contributed by atoms with Gasteiger partial charge in [0.05, 0.1) is 50.1 Å². The van der Waals surface area contributed by atoms with Crippen molar-refractivity contribution in [1.29, 1.82) is 0 Å². The van der Waals surface area contributed by atoms with Crippen molar-refractivity contribution in [3.05, 3.63) is 72.6 Å². The summed E-state index contributed by atoms with van der Waals surface area (Å²) >= 11 is 0. The zero-order chi connectivity index (χ0) is 41.1. The molecule has 3 unspecified atom stereocenters. The van der Waals surface area contributed by atoms with E-state index in [0.29, 0.717) is 24.2 Å². The van der Waals surface area contributed by atoms with E-state index in [4.69, 9.17) is 19.2 Å². The predicted octanol–water partition coefficient (Wildman–Crippen LogP) is 5.94. The molecule has 2 aromatic heterocycles. The molecule has 5 N–H and O–H groups in total. The van der Waals surface area contributed by atoms with Crippen molar-refractivity contribution in [1.82, 2.24) is 40.8 Å². The number of carbonyl (C=O) groups is 4. The van der Waals surface area contributed by atoms with Crippen molar-refractivity contribution in [2.24, 2.45) is 17.8 Å². The molecule has 0 spiro atoms. The molecule has 2 aliphatic carbocycles. The predicted molar refractivity (Wildman–Crippen MR) is 216 cm³/mol. The zero-order valence-corrected chi connectivity index (χ0v) is 33.9. The van der Waals surface area contributed by atoms with Gasteiger partial charge in [0.25, 0.3) is 0 Å². The van der Waals surface area contributed by atoms with E-state index >= 15 is 0 Å². The number of alkyl carbamates (subject to hydrolysis) is 2. The Hall–Kier alpha value is -5.70. The number of amides is 4. The third-order valence-corrected chi connectivity index (χ3v) is 12.3. The molecule has 15 heteroatoms. The van der Waals surface area contributed by atoms with Crippen LogP contribution in [0.4, 0.5) is 9.59 Å². The molecule has 4 aromatic rings. The lowest BCUT2D eigenvalue weighted by Crippen LogP contribution is -2.54. The van der Waals surface area contributed by atoms with Gasteiger partial charge in [-0.25, -0.2) is 19.6 Å². The highest BCUT2D eigenvalue weighted by atomic mass is 16.5. The van der Waals surface area contributed by atoms with Crippen molar-refractivity contribution in [3.8, 4) is 33.6 Å². The zero-order valence-electron chi connectivity index (χ0n) is 33.9. The monoisotopic (exact) mass is 794 g/mol. The van der Waals surface area contributed by atoms with Crippen molar-refractivity contribution in [2.45, 2.75) is 89.1 Å². The summed E-state index contributed by atoms with van der Waals surface area (Å²) in [5.74, 6) is 1.89. The molecule has 1 saturated heterocycles. The number of likely N-dealkylation sites (tertiary alicyclic amines) is 1. The second-order valence-electron chi connectivity index (χ2n) is 16.0. The van der Waals surface area contributed by atoms with E-state index in [1.807, 2.05) is 20.0 Å². The van der Waals surface area contributed by atoms with Crippen LogP contribution in [0, 0.1) is 17.8 Å². The third-order valence-electron chi connectivity index (χ3n) is 12.3. The maximum absolute atomic E-state index is 13.6. The van der Waals surface area contributed by atoms with E-state index in [0.717, 1.165) is 71.6 Å². The first-order valence-corrected chi connectivity index (χ1v) is 20.1. The number of hydrogen-bond donors (Lipinski definition) is 5. The quantitative estimate of drug-likeness (QED) is 0.109. The minimum absolute atomic E-state index is 0.0640. The average molecular weight is 795 g/mol. The Morgan fingerprint density at radius 2 is 1.26 bits per heavy atom. The summed E-state index contributed by atoms with van der Waals surface area (Å²) in [6.45, 7) is 6.09. The highest BCUT2D eigenvalue weighted by molar-refractivity contribution is 5.87. The van der Waals surface area contributed by atoms with Crippen LogP contribution in [-0.4, -0.2) is 101 Å². The maximum Gasteiger partial charge on any atom is 0.407 e. The van der Waals surface area contributed by atoms with Crippen LogP contribution in [0.2, 0.25) is 0 Å². The summed E-state index contributed by atoms with van der Waals surface area (Å²) < 4.78 is 14.9. The number of H-pyrrole nitrogens is 2. The molecule has 2 saturated carbocycles. The third kappa shape index (κ3) is 8.31. The van der Waals surface area contributed by atoms with Crippen LogP contribution in [0.25, 0.3) is 33.6 Å². The first kappa shape index (κ1) is 40.5. The Kier molecular flexibility index (Phi) is 12.2. The van der Waals surface area contributed by atoms with Crippen LogP contribution in [0.1, 0.15) is 76.5 Å². The Morgan fingerprint density at radius 3 is 1.83 bits per heavy atom. The molecule has 0 radical (unpaired) electrons. The fourth-order valence-electron chi connectivity index (χ4n) is 9.05. The topological polar surface area (TPSA) is 193 Å². The molecular weight excluding hydrogens is 741 g/mol. The lowest BCUT2D eigenvalue weighted by atomic mass is 9.83. The van der Waals surface area contributed by atoms with Gasteiger partial charge in [0.2, 0.25) is 11.8 Å². The molecule has 2 aromatic carbocycles. The first-order chi connectivity index (χ1) is 28.0. The van der Waals surface area contributed by atoms with Gasteiger partial charge in [-0.15, -0.1) is 0 Å². The molecule has 7 rings (SSSR count). The number of nitrogens with one attached hydrogen (secondary N) is 5. The smallest absolute Gasteiger partial charge is 0.407 e. The first-order valence-electron chi connectivity index (χ1n) is 20.1. The molecule has 1 aliphatic heterocycles. The average Bonchev–Trinajstić information content (AvgIpc) is 4.10. The van der Waals surface area contributed by atoms with Gasteiger partial charge in [-0.3, -0.25) is 9.59 Å². The summed E-state index contributed by atoms with van der Waals surface area (Å²) in [7, 11) is 4.06. The Bertz CT molecular complexity index is 2080. The van der Waals surface area contributed by atoms with Gasteiger partial charge in [0.1, 0.15) is 23.7 Å². The number of ether oxygens (including phenoxy) is 3. The van der Waals surface area contributed by atoms with Gasteiger partial charge < -0.3 is 45.0 Å². The number of carbonyl (C=O) groups excluding carboxylic acids is 4. The minimum Gasteiger partial charge on any atom is -0.453 e. The summed E-state index contributed by atoms with van der Waals surface area (Å²) in [6, 6.07) is 14.7. The van der Waals surface area contributed by atoms with Gasteiger partial charge in [0, 0.05) is 25.6 Å². The second kappa shape index (κ2) is 17.4. The molecule has 3 heterocycles. The maximum atomic E-state index is 13.6. The van der Waals surface area contributed by atoms with Crippen molar-refractivity contribution < 1.29 is 33.4 Å². The van der Waals surface area contributed by atoms with E-state index < -0.39 is 30.4 Å². The van der Waals surface area contributed by atoms with Crippen LogP contribution in [0.15, 0.2) is 60.9 Å². The minimum atomic E-state index is -0.894. The Morgan fingerprint density at radius 1 is 0.724 bits per heavy atom. The van der Waals surface area contributed by atoms with E-state index in [2.05, 4.69) is 79.4 Å². The highest BCUT2D eigenvalue weighted by Gasteiger charge is 2.50. The summed E-state index contributed by atoms with van der Waals surface area (Å²) in [6.07, 6.45) is 6.57. The standard InChI is InChI=1S/C43H54N8O7/c1-23(2)35(49-42(54)57-5)40(52)48-37-30-18-17-29(20-30)34(37)39-45-22-32(47-39)28-15-11-26(12-16-28)25-9-13-27(14-10-25)31-21-44-38(46-31)33-8-7-19-51(33)41(53)36(24(3)56-4)50-43(55)58-6/h9-16,21-24,29-30,33-37H,7-8,17-20H2,1-6H3,(H,44,46)(H,45,47)(H,48,52)(H,49,54)(H,50,55)/t24?,29?,30?,33-,34-,35-,36-,37-/m0/s1. The molecule has 8 atom stereocenters.